The summed E-state index contributed by atoms with van der Waals surface area (Å²) >= 11 is 1.80. The lowest BCUT2D eigenvalue weighted by molar-refractivity contribution is 0.679. The maximum Gasteiger partial charge on any atom is 0.134 e. The van der Waals surface area contributed by atoms with Gasteiger partial charge in [-0.3, -0.25) is 0 Å². The van der Waals surface area contributed by atoms with Crippen LogP contribution in [0.1, 0.15) is 18.7 Å². The molecule has 102 valence electrons. The van der Waals surface area contributed by atoms with Crippen LogP contribution in [0.25, 0.3) is 0 Å². The molecule has 0 spiro atoms. The van der Waals surface area contributed by atoms with Crippen LogP contribution in [0.2, 0.25) is 0 Å². The van der Waals surface area contributed by atoms with Crippen molar-refractivity contribution in [3.05, 3.63) is 34.8 Å². The van der Waals surface area contributed by atoms with Gasteiger partial charge in [-0.2, -0.15) is 0 Å². The molecule has 0 bridgehead atoms. The molecule has 2 aromatic heterocycles. The average Bonchev–Trinajstić information content (AvgIpc) is 2.91. The second kappa shape index (κ2) is 6.52. The largest absolute Gasteiger partial charge is 0.370 e. The Morgan fingerprint density at radius 3 is 2.95 bits per heavy atom. The van der Waals surface area contributed by atoms with E-state index >= 15 is 0 Å². The molecule has 0 aromatic carbocycles. The fourth-order valence-corrected chi connectivity index (χ4v) is 2.73. The molecule has 4 nitrogen and oxygen atoms in total. The molecule has 19 heavy (non-hydrogen) atoms. The van der Waals surface area contributed by atoms with Gasteiger partial charge in [-0.25, -0.2) is 9.97 Å². The number of thiophene rings is 1. The molecular formula is C14H20N4S. The number of nitrogens with zero attached hydrogens (tertiary/aromatic N) is 3. The third-order valence-corrected chi connectivity index (χ3v) is 4.01. The van der Waals surface area contributed by atoms with Crippen LogP contribution in [0, 0.1) is 0 Å². The number of hydrogen-bond acceptors (Lipinski definition) is 5. The van der Waals surface area contributed by atoms with Gasteiger partial charge in [0, 0.05) is 37.0 Å². The van der Waals surface area contributed by atoms with Gasteiger partial charge in [0.1, 0.15) is 18.0 Å². The Morgan fingerprint density at radius 2 is 2.26 bits per heavy atom. The summed E-state index contributed by atoms with van der Waals surface area (Å²) in [5, 5.41) is 5.33. The maximum absolute atomic E-state index is 4.35. The number of anilines is 2. The second-order valence-corrected chi connectivity index (χ2v) is 5.57. The molecule has 0 radical (unpaired) electrons. The van der Waals surface area contributed by atoms with Gasteiger partial charge in [0.05, 0.1) is 0 Å². The van der Waals surface area contributed by atoms with Crippen molar-refractivity contribution < 1.29 is 0 Å². The van der Waals surface area contributed by atoms with Gasteiger partial charge < -0.3 is 10.2 Å². The van der Waals surface area contributed by atoms with Gasteiger partial charge >= 0.3 is 0 Å². The van der Waals surface area contributed by atoms with Gasteiger partial charge in [0.15, 0.2) is 0 Å². The van der Waals surface area contributed by atoms with Gasteiger partial charge in [-0.05, 0) is 25.3 Å². The van der Waals surface area contributed by atoms with Crippen molar-refractivity contribution in [2.24, 2.45) is 0 Å². The van der Waals surface area contributed by atoms with Gasteiger partial charge in [-0.15, -0.1) is 11.3 Å². The predicted octanol–water partition coefficient (Wildman–Crippen LogP) is 3.04. The van der Waals surface area contributed by atoms with E-state index in [1.807, 2.05) is 6.07 Å². The van der Waals surface area contributed by atoms with Crippen LogP contribution >= 0.6 is 11.3 Å². The zero-order valence-corrected chi connectivity index (χ0v) is 12.4. The van der Waals surface area contributed by atoms with Crippen LogP contribution in [-0.4, -0.2) is 29.6 Å². The lowest BCUT2D eigenvalue weighted by atomic mass is 10.2. The van der Waals surface area contributed by atoms with E-state index in [1.165, 1.54) is 4.88 Å². The van der Waals surface area contributed by atoms with Crippen molar-refractivity contribution in [3.63, 3.8) is 0 Å². The third-order valence-electron chi connectivity index (χ3n) is 3.11. The summed E-state index contributed by atoms with van der Waals surface area (Å²) in [5.41, 5.74) is 0. The highest BCUT2D eigenvalue weighted by molar-refractivity contribution is 7.09. The van der Waals surface area contributed by atoms with Crippen LogP contribution in [0.3, 0.4) is 0 Å². The molecule has 0 saturated heterocycles. The van der Waals surface area contributed by atoms with Crippen molar-refractivity contribution in [1.82, 2.24) is 9.97 Å². The molecule has 5 heteroatoms. The minimum absolute atomic E-state index is 0.406. The van der Waals surface area contributed by atoms with Crippen LogP contribution in [0.15, 0.2) is 29.9 Å². The Labute approximate surface area is 118 Å². The summed E-state index contributed by atoms with van der Waals surface area (Å²) in [6.45, 7) is 5.14. The first-order chi connectivity index (χ1) is 9.20. The Morgan fingerprint density at radius 1 is 1.42 bits per heavy atom. The molecule has 2 heterocycles. The van der Waals surface area contributed by atoms with Crippen LogP contribution in [-0.2, 0) is 6.42 Å². The smallest absolute Gasteiger partial charge is 0.134 e. The number of aromatic nitrogens is 2. The summed E-state index contributed by atoms with van der Waals surface area (Å²) in [4.78, 5) is 12.1. The number of nitrogens with one attached hydrogen (secondary N) is 1. The summed E-state index contributed by atoms with van der Waals surface area (Å²) in [7, 11) is 2.08. The van der Waals surface area contributed by atoms with Crippen molar-refractivity contribution in [3.8, 4) is 0 Å². The predicted molar refractivity (Wildman–Crippen MR) is 82.1 cm³/mol. The van der Waals surface area contributed by atoms with Crippen molar-refractivity contribution in [2.45, 2.75) is 26.3 Å². The molecule has 0 aliphatic rings. The third kappa shape index (κ3) is 3.67. The fraction of sp³-hybridized carbons (Fsp3) is 0.429. The molecule has 2 aromatic rings. The minimum Gasteiger partial charge on any atom is -0.370 e. The summed E-state index contributed by atoms with van der Waals surface area (Å²) in [5.74, 6) is 1.83. The normalized spacial score (nSPS) is 12.2. The Bertz CT molecular complexity index is 498. The van der Waals surface area contributed by atoms with E-state index in [-0.39, 0.29) is 0 Å². The molecule has 0 aliphatic heterocycles. The molecule has 2 rings (SSSR count). The molecule has 1 atom stereocenters. The van der Waals surface area contributed by atoms with Crippen molar-refractivity contribution >= 4 is 23.0 Å². The van der Waals surface area contributed by atoms with Gasteiger partial charge in [0.25, 0.3) is 0 Å². The first-order valence-corrected chi connectivity index (χ1v) is 7.39. The highest BCUT2D eigenvalue weighted by Gasteiger charge is 2.13. The number of rotatable bonds is 6. The fourth-order valence-electron chi connectivity index (χ4n) is 1.90. The van der Waals surface area contributed by atoms with E-state index in [4.69, 9.17) is 0 Å². The lowest BCUT2D eigenvalue weighted by Crippen LogP contribution is -2.31. The molecule has 0 aliphatic carbocycles. The highest BCUT2D eigenvalue weighted by atomic mass is 32.1. The minimum atomic E-state index is 0.406. The topological polar surface area (TPSA) is 41.0 Å². The highest BCUT2D eigenvalue weighted by Crippen LogP contribution is 2.19. The summed E-state index contributed by atoms with van der Waals surface area (Å²) < 4.78 is 0. The van der Waals surface area contributed by atoms with E-state index in [1.54, 1.807) is 17.7 Å². The molecule has 0 amide bonds. The van der Waals surface area contributed by atoms with Gasteiger partial charge in [0.2, 0.25) is 0 Å². The lowest BCUT2D eigenvalue weighted by Gasteiger charge is -2.25. The summed E-state index contributed by atoms with van der Waals surface area (Å²) in [6.07, 6.45) is 2.65. The number of hydrogen-bond donors (Lipinski definition) is 1. The maximum atomic E-state index is 4.35. The first-order valence-electron chi connectivity index (χ1n) is 6.51. The van der Waals surface area contributed by atoms with Crippen LogP contribution in [0.5, 0.6) is 0 Å². The number of likely N-dealkylation sites (N-methyl/N-ethyl adjacent to an activating group) is 1. The Hall–Kier alpha value is -1.62. The van der Waals surface area contributed by atoms with Gasteiger partial charge in [-0.1, -0.05) is 6.07 Å². The van der Waals surface area contributed by atoms with E-state index in [9.17, 15) is 0 Å². The first kappa shape index (κ1) is 13.8. The molecule has 1 unspecified atom stereocenters. The summed E-state index contributed by atoms with van der Waals surface area (Å²) in [6, 6.07) is 6.68. The van der Waals surface area contributed by atoms with Crippen molar-refractivity contribution in [2.75, 3.05) is 23.8 Å². The molecular weight excluding hydrogens is 256 g/mol. The molecule has 0 saturated carbocycles. The van der Waals surface area contributed by atoms with E-state index < -0.39 is 0 Å². The van der Waals surface area contributed by atoms with E-state index in [0.717, 1.165) is 24.6 Å². The van der Waals surface area contributed by atoms with E-state index in [0.29, 0.717) is 6.04 Å². The van der Waals surface area contributed by atoms with Crippen molar-refractivity contribution in [1.29, 1.82) is 0 Å². The monoisotopic (exact) mass is 276 g/mol. The SMILES string of the molecule is CCNc1cc(N(C)C(C)Cc2cccs2)ncn1. The van der Waals surface area contributed by atoms with Crippen LogP contribution < -0.4 is 10.2 Å². The quantitative estimate of drug-likeness (QED) is 0.880. The second-order valence-electron chi connectivity index (χ2n) is 4.54. The average molecular weight is 276 g/mol. The zero-order valence-electron chi connectivity index (χ0n) is 11.6. The Kier molecular flexibility index (Phi) is 4.74. The van der Waals surface area contributed by atoms with E-state index in [2.05, 4.69) is 58.6 Å². The Balaban J connectivity index is 2.05. The molecule has 1 N–H and O–H groups in total. The van der Waals surface area contributed by atoms with Crippen LogP contribution in [0.4, 0.5) is 11.6 Å². The standard InChI is InChI=1S/C14H20N4S/c1-4-15-13-9-14(17-10-16-13)18(3)11(2)8-12-6-5-7-19-12/h5-7,9-11H,4,8H2,1-3H3,(H,15,16,17). The zero-order chi connectivity index (χ0) is 13.7. The molecule has 0 fully saturated rings.